The Hall–Kier alpha value is -4.52. The van der Waals surface area contributed by atoms with E-state index in [4.69, 9.17) is 0 Å². The number of imidazole rings is 1. The van der Waals surface area contributed by atoms with Gasteiger partial charge in [-0.25, -0.2) is 4.98 Å². The number of piperidine rings is 1. The first-order valence-corrected chi connectivity index (χ1v) is 13.1. The molecule has 0 saturated carbocycles. The van der Waals surface area contributed by atoms with Crippen LogP contribution in [-0.4, -0.2) is 44.2 Å². The van der Waals surface area contributed by atoms with E-state index in [-0.39, 0.29) is 11.8 Å². The highest BCUT2D eigenvalue weighted by Crippen LogP contribution is 2.29. The Morgan fingerprint density at radius 2 is 1.76 bits per heavy atom. The van der Waals surface area contributed by atoms with Crippen molar-refractivity contribution >= 4 is 33.9 Å². The van der Waals surface area contributed by atoms with Crippen LogP contribution in [0.15, 0.2) is 91.6 Å². The molecule has 1 aliphatic rings. The number of para-hydroxylation sites is 1. The Balaban J connectivity index is 0.997. The maximum absolute atomic E-state index is 13.0. The van der Waals surface area contributed by atoms with Gasteiger partial charge in [-0.2, -0.15) is 0 Å². The number of aryl methyl sites for hydroxylation is 1. The van der Waals surface area contributed by atoms with Crippen LogP contribution in [-0.2, 0) is 11.2 Å². The predicted octanol–water partition coefficient (Wildman–Crippen LogP) is 5.47. The summed E-state index contributed by atoms with van der Waals surface area (Å²) in [4.78, 5) is 36.1. The predicted molar refractivity (Wildman–Crippen MR) is 148 cm³/mol. The second-order valence-corrected chi connectivity index (χ2v) is 9.92. The van der Waals surface area contributed by atoms with E-state index in [2.05, 4.69) is 33.5 Å². The van der Waals surface area contributed by atoms with Crippen LogP contribution in [0.25, 0.3) is 16.4 Å². The number of aromatic nitrogens is 3. The van der Waals surface area contributed by atoms with Gasteiger partial charge in [0.15, 0.2) is 0 Å². The van der Waals surface area contributed by atoms with Gasteiger partial charge in [0.05, 0.1) is 29.1 Å². The molecule has 2 aromatic carbocycles. The highest BCUT2D eigenvalue weighted by atomic mass is 16.2. The number of nitrogens with zero attached hydrogens (tertiary/aromatic N) is 4. The number of carbonyl (C=O) groups is 2. The van der Waals surface area contributed by atoms with Gasteiger partial charge in [0, 0.05) is 43.0 Å². The fraction of sp³-hybridized carbons (Fsp3) is 0.226. The van der Waals surface area contributed by atoms with Gasteiger partial charge < -0.3 is 14.6 Å². The molecule has 0 aliphatic carbocycles. The molecule has 1 N–H and O–H groups in total. The molecule has 0 spiro atoms. The minimum absolute atomic E-state index is 0.00777. The van der Waals surface area contributed by atoms with Crippen molar-refractivity contribution in [1.29, 1.82) is 0 Å². The summed E-state index contributed by atoms with van der Waals surface area (Å²) in [6.07, 6.45) is 10.1. The molecular weight excluding hydrogens is 474 g/mol. The van der Waals surface area contributed by atoms with Crippen molar-refractivity contribution in [2.24, 2.45) is 0 Å². The molecule has 6 rings (SSSR count). The summed E-state index contributed by atoms with van der Waals surface area (Å²) in [5.74, 6) is 0.462. The molecule has 7 nitrogen and oxygen atoms in total. The fourth-order valence-electron chi connectivity index (χ4n) is 5.22. The van der Waals surface area contributed by atoms with Gasteiger partial charge in [-0.1, -0.05) is 30.3 Å². The summed E-state index contributed by atoms with van der Waals surface area (Å²) >= 11 is 0. The van der Waals surface area contributed by atoms with E-state index >= 15 is 0 Å². The molecule has 0 bridgehead atoms. The third-order valence-electron chi connectivity index (χ3n) is 7.39. The van der Waals surface area contributed by atoms with Gasteiger partial charge in [-0.15, -0.1) is 0 Å². The summed E-state index contributed by atoms with van der Waals surface area (Å²) in [6.45, 7) is 1.46. The first-order valence-electron chi connectivity index (χ1n) is 13.1. The van der Waals surface area contributed by atoms with Crippen LogP contribution in [0.3, 0.4) is 0 Å². The lowest BCUT2D eigenvalue weighted by atomic mass is 9.89. The van der Waals surface area contributed by atoms with E-state index < -0.39 is 0 Å². The van der Waals surface area contributed by atoms with Crippen molar-refractivity contribution in [3.8, 4) is 0 Å². The molecule has 1 fully saturated rings. The third kappa shape index (κ3) is 5.13. The molecule has 0 atom stereocenters. The molecular formula is C31H29N5O2. The van der Waals surface area contributed by atoms with Crippen LogP contribution in [0.1, 0.15) is 46.7 Å². The molecule has 1 aliphatic heterocycles. The molecule has 38 heavy (non-hydrogen) atoms. The molecule has 5 aromatic rings. The van der Waals surface area contributed by atoms with Crippen LogP contribution in [0.5, 0.6) is 0 Å². The zero-order chi connectivity index (χ0) is 25.9. The van der Waals surface area contributed by atoms with Crippen molar-refractivity contribution in [3.05, 3.63) is 108 Å². The number of benzene rings is 2. The number of hydrogen-bond donors (Lipinski definition) is 1. The number of fused-ring (bicyclic) bond motifs is 2. The van der Waals surface area contributed by atoms with Gasteiger partial charge in [-0.3, -0.25) is 14.6 Å². The number of likely N-dealkylation sites (tertiary alicyclic amines) is 1. The molecule has 2 amide bonds. The van der Waals surface area contributed by atoms with Crippen molar-refractivity contribution in [1.82, 2.24) is 19.3 Å². The van der Waals surface area contributed by atoms with Gasteiger partial charge >= 0.3 is 0 Å². The van der Waals surface area contributed by atoms with Crippen LogP contribution >= 0.6 is 0 Å². The first-order chi connectivity index (χ1) is 18.6. The molecule has 1 saturated heterocycles. The van der Waals surface area contributed by atoms with E-state index in [1.807, 2.05) is 70.2 Å². The summed E-state index contributed by atoms with van der Waals surface area (Å²) in [5, 5.41) is 4.10. The second-order valence-electron chi connectivity index (χ2n) is 9.92. The van der Waals surface area contributed by atoms with Crippen molar-refractivity contribution in [2.45, 2.75) is 31.6 Å². The number of amides is 2. The minimum atomic E-state index is -0.00777. The van der Waals surface area contributed by atoms with Crippen LogP contribution in [0.4, 0.5) is 5.69 Å². The SMILES string of the molecule is O=C(CCc1cnc2ccccc2c1)Nc1ccc(C2CCN(C(=O)c3ccc4cncn4c3)CC2)cc1. The van der Waals surface area contributed by atoms with E-state index in [0.717, 1.165) is 53.6 Å². The maximum atomic E-state index is 13.0. The van der Waals surface area contributed by atoms with Gasteiger partial charge in [-0.05, 0) is 72.7 Å². The Morgan fingerprint density at radius 3 is 2.61 bits per heavy atom. The van der Waals surface area contributed by atoms with E-state index in [1.165, 1.54) is 5.56 Å². The van der Waals surface area contributed by atoms with E-state index in [1.54, 1.807) is 12.5 Å². The Morgan fingerprint density at radius 1 is 0.947 bits per heavy atom. The molecule has 0 radical (unpaired) electrons. The molecule has 4 heterocycles. The highest BCUT2D eigenvalue weighted by molar-refractivity contribution is 5.94. The zero-order valence-electron chi connectivity index (χ0n) is 21.1. The van der Waals surface area contributed by atoms with Crippen molar-refractivity contribution in [2.75, 3.05) is 18.4 Å². The van der Waals surface area contributed by atoms with E-state index in [9.17, 15) is 9.59 Å². The maximum Gasteiger partial charge on any atom is 0.255 e. The number of hydrogen-bond acceptors (Lipinski definition) is 4. The monoisotopic (exact) mass is 503 g/mol. The largest absolute Gasteiger partial charge is 0.339 e. The van der Waals surface area contributed by atoms with Crippen molar-refractivity contribution < 1.29 is 9.59 Å². The molecule has 7 heteroatoms. The highest BCUT2D eigenvalue weighted by Gasteiger charge is 2.25. The van der Waals surface area contributed by atoms with E-state index in [0.29, 0.717) is 24.3 Å². The minimum Gasteiger partial charge on any atom is -0.339 e. The lowest BCUT2D eigenvalue weighted by Crippen LogP contribution is -2.38. The molecule has 190 valence electrons. The number of carbonyl (C=O) groups excluding carboxylic acids is 2. The standard InChI is InChI=1S/C31H29N5O2/c37-30(12-5-22-17-25-3-1-2-4-29(25)33-18-22)34-27-9-6-23(7-10-27)24-13-15-35(16-14-24)31(38)26-8-11-28-19-32-21-36(28)20-26/h1-4,6-11,17-21,24H,5,12-16H2,(H,34,37). The second kappa shape index (κ2) is 10.5. The number of rotatable bonds is 6. The quantitative estimate of drug-likeness (QED) is 0.333. The number of nitrogens with one attached hydrogen (secondary N) is 1. The Kier molecular flexibility index (Phi) is 6.56. The van der Waals surface area contributed by atoms with Crippen LogP contribution < -0.4 is 5.32 Å². The molecule has 0 unspecified atom stereocenters. The van der Waals surface area contributed by atoms with Gasteiger partial charge in [0.1, 0.15) is 0 Å². The lowest BCUT2D eigenvalue weighted by molar-refractivity contribution is -0.116. The average Bonchev–Trinajstić information content (AvgIpc) is 3.44. The van der Waals surface area contributed by atoms with Crippen LogP contribution in [0, 0.1) is 0 Å². The summed E-state index contributed by atoms with van der Waals surface area (Å²) in [6, 6.07) is 22.0. The fourth-order valence-corrected chi connectivity index (χ4v) is 5.22. The molecule has 3 aromatic heterocycles. The zero-order valence-corrected chi connectivity index (χ0v) is 21.1. The summed E-state index contributed by atoms with van der Waals surface area (Å²) in [7, 11) is 0. The third-order valence-corrected chi connectivity index (χ3v) is 7.39. The van der Waals surface area contributed by atoms with Crippen molar-refractivity contribution in [3.63, 3.8) is 0 Å². The first kappa shape index (κ1) is 23.9. The topological polar surface area (TPSA) is 79.6 Å². The summed E-state index contributed by atoms with van der Waals surface area (Å²) in [5.41, 5.74) is 5.73. The normalized spacial score (nSPS) is 14.2. The Bertz CT molecular complexity index is 1600. The van der Waals surface area contributed by atoms with Crippen LogP contribution in [0.2, 0.25) is 0 Å². The number of pyridine rings is 2. The summed E-state index contributed by atoms with van der Waals surface area (Å²) < 4.78 is 1.88. The van der Waals surface area contributed by atoms with Gasteiger partial charge in [0.2, 0.25) is 5.91 Å². The number of anilines is 1. The smallest absolute Gasteiger partial charge is 0.255 e. The lowest BCUT2D eigenvalue weighted by Gasteiger charge is -2.32. The average molecular weight is 504 g/mol. The Labute approximate surface area is 221 Å². The van der Waals surface area contributed by atoms with Gasteiger partial charge in [0.25, 0.3) is 5.91 Å².